The zero-order valence-electron chi connectivity index (χ0n) is 14.1. The van der Waals surface area contributed by atoms with Crippen LogP contribution in [-0.4, -0.2) is 61.3 Å². The van der Waals surface area contributed by atoms with Gasteiger partial charge >= 0.3 is 0 Å². The lowest BCUT2D eigenvalue weighted by atomic mass is 10.0. The smallest absolute Gasteiger partial charge is 0.196 e. The Hall–Kier alpha value is -2.21. The first kappa shape index (κ1) is 17.6. The molecule has 1 heterocycles. The third kappa shape index (κ3) is 4.89. The second-order valence-electron chi connectivity index (χ2n) is 6.07. The van der Waals surface area contributed by atoms with E-state index in [4.69, 9.17) is 9.47 Å². The Bertz CT molecular complexity index is 683. The van der Waals surface area contributed by atoms with Crippen LogP contribution in [0.1, 0.15) is 15.9 Å². The number of rotatable bonds is 7. The molecule has 0 saturated carbocycles. The highest BCUT2D eigenvalue weighted by Gasteiger charge is 2.18. The van der Waals surface area contributed by atoms with E-state index >= 15 is 0 Å². The van der Waals surface area contributed by atoms with E-state index in [0.717, 1.165) is 13.1 Å². The molecule has 0 aromatic heterocycles. The molecule has 5 heteroatoms. The average molecular weight is 341 g/mol. The molecule has 0 unspecified atom stereocenters. The summed E-state index contributed by atoms with van der Waals surface area (Å²) < 4.78 is 11.1. The highest BCUT2D eigenvalue weighted by Crippen LogP contribution is 2.21. The largest absolute Gasteiger partial charge is 0.490 e. The molecule has 1 saturated heterocycles. The fraction of sp³-hybridized carbons (Fsp3) is 0.350. The fourth-order valence-electron chi connectivity index (χ4n) is 2.85. The number of β-amino-alcohol motifs (C(OH)–C–C–N with tert-alkyl or cyclic N) is 1. The summed E-state index contributed by atoms with van der Waals surface area (Å²) in [5.74, 6) is 0.413. The van der Waals surface area contributed by atoms with Gasteiger partial charge in [0.15, 0.2) is 5.78 Å². The predicted molar refractivity (Wildman–Crippen MR) is 95.1 cm³/mol. The Kier molecular flexibility index (Phi) is 6.17. The maximum absolute atomic E-state index is 12.7. The van der Waals surface area contributed by atoms with Gasteiger partial charge in [-0.25, -0.2) is 0 Å². The van der Waals surface area contributed by atoms with E-state index in [9.17, 15) is 9.90 Å². The van der Waals surface area contributed by atoms with Crippen LogP contribution in [0.5, 0.6) is 5.75 Å². The summed E-state index contributed by atoms with van der Waals surface area (Å²) in [5, 5.41) is 10.2. The van der Waals surface area contributed by atoms with E-state index in [2.05, 4.69) is 4.90 Å². The molecule has 0 radical (unpaired) electrons. The first-order valence-corrected chi connectivity index (χ1v) is 8.54. The van der Waals surface area contributed by atoms with Gasteiger partial charge in [0.1, 0.15) is 18.5 Å². The minimum atomic E-state index is -0.613. The van der Waals surface area contributed by atoms with Crippen molar-refractivity contribution in [3.8, 4) is 5.75 Å². The van der Waals surface area contributed by atoms with E-state index in [-0.39, 0.29) is 12.4 Å². The van der Waals surface area contributed by atoms with E-state index < -0.39 is 6.10 Å². The number of para-hydroxylation sites is 1. The molecular weight excluding hydrogens is 318 g/mol. The summed E-state index contributed by atoms with van der Waals surface area (Å²) >= 11 is 0. The van der Waals surface area contributed by atoms with Crippen LogP contribution in [0, 0.1) is 0 Å². The quantitative estimate of drug-likeness (QED) is 0.781. The molecule has 1 aliphatic heterocycles. The molecule has 1 atom stereocenters. The Morgan fingerprint density at radius 3 is 2.52 bits per heavy atom. The van der Waals surface area contributed by atoms with Gasteiger partial charge in [-0.15, -0.1) is 0 Å². The predicted octanol–water partition coefficient (Wildman–Crippen LogP) is 1.99. The number of nitrogens with zero attached hydrogens (tertiary/aromatic N) is 1. The molecule has 1 fully saturated rings. The number of aliphatic hydroxyl groups is 1. The number of ketones is 1. The molecule has 0 spiro atoms. The van der Waals surface area contributed by atoms with Gasteiger partial charge < -0.3 is 14.6 Å². The maximum atomic E-state index is 12.7. The SMILES string of the molecule is O=C(c1ccccc1)c1ccccc1OC[C@H](O)CN1CCOCC1. The maximum Gasteiger partial charge on any atom is 0.196 e. The number of hydrogen-bond acceptors (Lipinski definition) is 5. The summed E-state index contributed by atoms with van der Waals surface area (Å²) in [5.41, 5.74) is 1.12. The second kappa shape index (κ2) is 8.76. The molecule has 3 rings (SSSR count). The van der Waals surface area contributed by atoms with Crippen molar-refractivity contribution in [2.45, 2.75) is 6.10 Å². The normalized spacial score (nSPS) is 16.4. The summed E-state index contributed by atoms with van der Waals surface area (Å²) in [6.07, 6.45) is -0.613. The highest BCUT2D eigenvalue weighted by molar-refractivity contribution is 6.10. The molecule has 0 amide bonds. The monoisotopic (exact) mass is 341 g/mol. The number of ether oxygens (including phenoxy) is 2. The highest BCUT2D eigenvalue weighted by atomic mass is 16.5. The van der Waals surface area contributed by atoms with Gasteiger partial charge in [0.2, 0.25) is 0 Å². The van der Waals surface area contributed by atoms with Crippen LogP contribution in [-0.2, 0) is 4.74 Å². The molecule has 0 aliphatic carbocycles. The molecule has 1 aliphatic rings. The first-order valence-electron chi connectivity index (χ1n) is 8.54. The van der Waals surface area contributed by atoms with Crippen molar-refractivity contribution in [1.82, 2.24) is 4.90 Å². The van der Waals surface area contributed by atoms with Crippen LogP contribution in [0.15, 0.2) is 54.6 Å². The van der Waals surface area contributed by atoms with E-state index in [1.807, 2.05) is 30.3 Å². The first-order chi connectivity index (χ1) is 12.2. The van der Waals surface area contributed by atoms with Gasteiger partial charge in [-0.3, -0.25) is 9.69 Å². The van der Waals surface area contributed by atoms with Gasteiger partial charge in [0, 0.05) is 25.2 Å². The van der Waals surface area contributed by atoms with E-state index in [0.29, 0.717) is 36.6 Å². The summed E-state index contributed by atoms with van der Waals surface area (Å²) in [6, 6.07) is 16.3. The van der Waals surface area contributed by atoms with Crippen molar-refractivity contribution >= 4 is 5.78 Å². The lowest BCUT2D eigenvalue weighted by Crippen LogP contribution is -2.42. The Morgan fingerprint density at radius 2 is 1.76 bits per heavy atom. The van der Waals surface area contributed by atoms with Gasteiger partial charge in [-0.05, 0) is 12.1 Å². The molecular formula is C20H23NO4. The summed E-state index contributed by atoms with van der Waals surface area (Å²) in [7, 11) is 0. The van der Waals surface area contributed by atoms with E-state index in [1.54, 1.807) is 24.3 Å². The van der Waals surface area contributed by atoms with Crippen LogP contribution in [0.3, 0.4) is 0 Å². The number of aliphatic hydroxyl groups excluding tert-OH is 1. The molecule has 1 N–H and O–H groups in total. The molecule has 5 nitrogen and oxygen atoms in total. The zero-order chi connectivity index (χ0) is 17.5. The Labute approximate surface area is 147 Å². The van der Waals surface area contributed by atoms with Crippen molar-refractivity contribution in [3.63, 3.8) is 0 Å². The van der Waals surface area contributed by atoms with Crippen molar-refractivity contribution < 1.29 is 19.4 Å². The van der Waals surface area contributed by atoms with Gasteiger partial charge in [-0.2, -0.15) is 0 Å². The number of morpholine rings is 1. The van der Waals surface area contributed by atoms with Crippen LogP contribution in [0.2, 0.25) is 0 Å². The molecule has 25 heavy (non-hydrogen) atoms. The van der Waals surface area contributed by atoms with Gasteiger partial charge in [-0.1, -0.05) is 42.5 Å². The number of hydrogen-bond donors (Lipinski definition) is 1. The van der Waals surface area contributed by atoms with Crippen molar-refractivity contribution in [2.75, 3.05) is 39.5 Å². The summed E-state index contributed by atoms with van der Waals surface area (Å²) in [4.78, 5) is 14.8. The van der Waals surface area contributed by atoms with Crippen molar-refractivity contribution in [2.24, 2.45) is 0 Å². The topological polar surface area (TPSA) is 59.0 Å². The zero-order valence-corrected chi connectivity index (χ0v) is 14.1. The van der Waals surface area contributed by atoms with Gasteiger partial charge in [0.05, 0.1) is 18.8 Å². The lowest BCUT2D eigenvalue weighted by Gasteiger charge is -2.28. The van der Waals surface area contributed by atoms with Crippen LogP contribution >= 0.6 is 0 Å². The van der Waals surface area contributed by atoms with Crippen LogP contribution in [0.25, 0.3) is 0 Å². The molecule has 2 aromatic rings. The lowest BCUT2D eigenvalue weighted by molar-refractivity contribution is 0.00458. The summed E-state index contributed by atoms with van der Waals surface area (Å²) in [6.45, 7) is 3.72. The molecule has 2 aromatic carbocycles. The van der Waals surface area contributed by atoms with Crippen molar-refractivity contribution in [1.29, 1.82) is 0 Å². The third-order valence-electron chi connectivity index (χ3n) is 4.17. The fourth-order valence-corrected chi connectivity index (χ4v) is 2.85. The second-order valence-corrected chi connectivity index (χ2v) is 6.07. The van der Waals surface area contributed by atoms with Gasteiger partial charge in [0.25, 0.3) is 0 Å². The third-order valence-corrected chi connectivity index (χ3v) is 4.17. The van der Waals surface area contributed by atoms with Crippen LogP contribution < -0.4 is 4.74 Å². The Balaban J connectivity index is 1.62. The Morgan fingerprint density at radius 1 is 1.08 bits per heavy atom. The van der Waals surface area contributed by atoms with Crippen molar-refractivity contribution in [3.05, 3.63) is 65.7 Å². The average Bonchev–Trinajstić information content (AvgIpc) is 2.67. The minimum absolute atomic E-state index is 0.0844. The molecule has 0 bridgehead atoms. The van der Waals surface area contributed by atoms with Crippen LogP contribution in [0.4, 0.5) is 0 Å². The minimum Gasteiger partial charge on any atom is -0.490 e. The molecule has 132 valence electrons. The number of benzene rings is 2. The van der Waals surface area contributed by atoms with E-state index in [1.165, 1.54) is 0 Å². The standard InChI is InChI=1S/C20H23NO4/c22-17(14-21-10-12-24-13-11-21)15-25-19-9-5-4-8-18(19)20(23)16-6-2-1-3-7-16/h1-9,17,22H,10-15H2/t17-/m1/s1. The number of carbonyl (C=O) groups excluding carboxylic acids is 1. The number of carbonyl (C=O) groups is 1.